The van der Waals surface area contributed by atoms with Crippen LogP contribution in [0.15, 0.2) is 36.4 Å². The third-order valence-electron chi connectivity index (χ3n) is 16.1. The van der Waals surface area contributed by atoms with Gasteiger partial charge in [0.1, 0.15) is 11.8 Å². The Hall–Kier alpha value is -2.49. The molecule has 5 aliphatic heterocycles. The number of hydrogen-bond acceptors (Lipinski definition) is 10. The predicted molar refractivity (Wildman–Crippen MR) is 247 cm³/mol. The molecule has 0 aromatic heterocycles. The van der Waals surface area contributed by atoms with Gasteiger partial charge in [-0.15, -0.1) is 0 Å². The van der Waals surface area contributed by atoms with Crippen molar-refractivity contribution in [2.24, 2.45) is 41.4 Å². The number of anilines is 1. The number of carbonyl (C=O) groups is 2. The summed E-state index contributed by atoms with van der Waals surface area (Å²) in [6.45, 7) is 21.9. The van der Waals surface area contributed by atoms with Gasteiger partial charge in [0.15, 0.2) is 16.7 Å². The fourth-order valence-corrected chi connectivity index (χ4v) is 11.9. The van der Waals surface area contributed by atoms with E-state index in [1.807, 2.05) is 78.0 Å². The molecule has 4 fully saturated rings. The van der Waals surface area contributed by atoms with Gasteiger partial charge in [-0.25, -0.2) is 0 Å². The number of aliphatic carboxylic acids is 1. The van der Waals surface area contributed by atoms with Crippen LogP contribution >= 0.6 is 12.2 Å². The van der Waals surface area contributed by atoms with Crippen LogP contribution < -0.4 is 10.6 Å². The number of carboxylic acid groups (broad SMARTS) is 1. The van der Waals surface area contributed by atoms with Crippen LogP contribution in [0.5, 0.6) is 0 Å². The minimum Gasteiger partial charge on any atom is -0.481 e. The van der Waals surface area contributed by atoms with E-state index in [0.29, 0.717) is 56.5 Å². The van der Waals surface area contributed by atoms with Crippen molar-refractivity contribution in [3.63, 3.8) is 0 Å². The average molecular weight is 899 g/mol. The molecular formula is C50H78N2O10S. The van der Waals surface area contributed by atoms with Gasteiger partial charge in [-0.2, -0.15) is 0 Å². The summed E-state index contributed by atoms with van der Waals surface area (Å²) in [5.41, 5.74) is 0.357. The van der Waals surface area contributed by atoms with Crippen LogP contribution in [-0.2, 0) is 33.3 Å². The topological polar surface area (TPSA) is 165 Å². The molecule has 12 nitrogen and oxygen atoms in total. The van der Waals surface area contributed by atoms with Crippen LogP contribution in [0.4, 0.5) is 5.69 Å². The molecule has 63 heavy (non-hydrogen) atoms. The van der Waals surface area contributed by atoms with Crippen LogP contribution in [0.2, 0.25) is 0 Å². The molecule has 5 aliphatic rings. The van der Waals surface area contributed by atoms with E-state index in [-0.39, 0.29) is 41.8 Å². The summed E-state index contributed by atoms with van der Waals surface area (Å²) >= 11 is 5.89. The van der Waals surface area contributed by atoms with Gasteiger partial charge in [0.05, 0.1) is 53.7 Å². The van der Waals surface area contributed by atoms with E-state index in [0.717, 1.165) is 24.1 Å². The van der Waals surface area contributed by atoms with Crippen molar-refractivity contribution in [2.45, 2.75) is 206 Å². The van der Waals surface area contributed by atoms with E-state index in [9.17, 15) is 24.9 Å². The molecule has 0 radical (unpaired) electrons. The first-order valence-corrected chi connectivity index (χ1v) is 24.5. The predicted octanol–water partition coefficient (Wildman–Crippen LogP) is 8.49. The number of aliphatic hydroxyl groups excluding tert-OH is 1. The lowest BCUT2D eigenvalue weighted by atomic mass is 9.72. The number of ketones is 1. The van der Waals surface area contributed by atoms with Gasteiger partial charge in [-0.3, -0.25) is 9.59 Å². The van der Waals surface area contributed by atoms with Gasteiger partial charge in [-0.05, 0) is 121 Å². The number of nitrogens with one attached hydrogen (secondary N) is 2. The number of hydrogen-bond donors (Lipinski definition) is 5. The van der Waals surface area contributed by atoms with Gasteiger partial charge >= 0.3 is 5.97 Å². The Morgan fingerprint density at radius 1 is 0.905 bits per heavy atom. The molecule has 0 saturated carbocycles. The summed E-state index contributed by atoms with van der Waals surface area (Å²) < 4.78 is 34.9. The zero-order valence-electron chi connectivity index (χ0n) is 39.7. The molecule has 6 rings (SSSR count). The summed E-state index contributed by atoms with van der Waals surface area (Å²) in [6, 6.07) is 7.51. The van der Waals surface area contributed by atoms with E-state index < -0.39 is 76.8 Å². The van der Waals surface area contributed by atoms with E-state index in [4.69, 9.17) is 35.9 Å². The number of carbonyl (C=O) groups excluding carboxylic acids is 1. The van der Waals surface area contributed by atoms with Crippen LogP contribution in [0.1, 0.15) is 139 Å². The van der Waals surface area contributed by atoms with E-state index in [1.54, 1.807) is 6.92 Å². The van der Waals surface area contributed by atoms with Gasteiger partial charge in [-0.1, -0.05) is 79.2 Å². The summed E-state index contributed by atoms with van der Waals surface area (Å²) in [6.07, 6.45) is 7.16. The summed E-state index contributed by atoms with van der Waals surface area (Å²) in [5.74, 6) is -5.68. The number of Topliss-reactive ketones (excluding diaryl/α,β-unsaturated/α-hetero) is 1. The van der Waals surface area contributed by atoms with Gasteiger partial charge < -0.3 is 49.6 Å². The number of aryl methyl sites for hydroxylation is 1. The lowest BCUT2D eigenvalue weighted by Gasteiger charge is -2.55. The average Bonchev–Trinajstić information content (AvgIpc) is 3.59. The van der Waals surface area contributed by atoms with Gasteiger partial charge in [0.2, 0.25) is 0 Å². The van der Waals surface area contributed by atoms with Crippen LogP contribution in [0.3, 0.4) is 0 Å². The Morgan fingerprint density at radius 2 is 1.59 bits per heavy atom. The zero-order chi connectivity index (χ0) is 46.2. The second-order valence-electron chi connectivity index (χ2n) is 20.4. The Kier molecular flexibility index (Phi) is 15.7. The van der Waals surface area contributed by atoms with Gasteiger partial charge in [0, 0.05) is 35.8 Å². The van der Waals surface area contributed by atoms with Crippen molar-refractivity contribution in [1.29, 1.82) is 0 Å². The van der Waals surface area contributed by atoms with E-state index >= 15 is 0 Å². The second-order valence-corrected chi connectivity index (χ2v) is 20.8. The maximum Gasteiger partial charge on any atom is 0.309 e. The van der Waals surface area contributed by atoms with Crippen molar-refractivity contribution in [3.05, 3.63) is 42.0 Å². The molecule has 13 heteroatoms. The number of carboxylic acids is 1. The first-order chi connectivity index (χ1) is 29.6. The molecule has 4 saturated heterocycles. The molecular weight excluding hydrogens is 821 g/mol. The minimum atomic E-state index is -1.24. The lowest BCUT2D eigenvalue weighted by Crippen LogP contribution is -2.66. The van der Waals surface area contributed by atoms with Crippen molar-refractivity contribution < 1.29 is 48.6 Å². The largest absolute Gasteiger partial charge is 0.481 e. The fraction of sp³-hybridized carbons (Fsp3) is 0.780. The van der Waals surface area contributed by atoms with Crippen molar-refractivity contribution >= 4 is 34.8 Å². The number of thiocarbonyl (C=S) groups is 1. The molecule has 0 bridgehead atoms. The smallest absolute Gasteiger partial charge is 0.309 e. The Bertz CT molecular complexity index is 1800. The highest BCUT2D eigenvalue weighted by atomic mass is 32.1. The Labute approximate surface area is 382 Å². The fourth-order valence-electron chi connectivity index (χ4n) is 11.6. The lowest BCUT2D eigenvalue weighted by molar-refractivity contribution is -0.397. The molecule has 0 aliphatic carbocycles. The zero-order valence-corrected chi connectivity index (χ0v) is 40.5. The molecule has 5 heterocycles. The molecule has 0 amide bonds. The molecule has 1 aromatic rings. The quantitative estimate of drug-likeness (QED) is 0.0893. The van der Waals surface area contributed by atoms with E-state index in [1.165, 1.54) is 0 Å². The minimum absolute atomic E-state index is 0.00466. The summed E-state index contributed by atoms with van der Waals surface area (Å²) in [4.78, 5) is 26.8. The number of ether oxygens (including phenoxy) is 5. The van der Waals surface area contributed by atoms with Gasteiger partial charge in [0.25, 0.3) is 0 Å². The third-order valence-corrected chi connectivity index (χ3v) is 16.3. The molecule has 5 N–H and O–H groups in total. The van der Waals surface area contributed by atoms with Crippen molar-refractivity contribution in [1.82, 2.24) is 5.32 Å². The first-order valence-electron chi connectivity index (χ1n) is 24.0. The molecule has 2 spiro atoms. The highest BCUT2D eigenvalue weighted by molar-refractivity contribution is 7.80. The molecule has 18 atom stereocenters. The SMILES string of the molecule is CC[C@@H](C(=O)[C@@H](C)[C@@H](O)[C@H](C)[C@@H]1O[C@@H]([C@@H](CC)C(=O)O)CC[C@@H]1C)[C@H]1O[C@]2(C=C[C@@H](NC(=S)Nc3ccc(C)cc3)[C@]3(CC[C@@](C)([C@H]4CC[C@](O)(CC)[C@H](C)O4)O3)O2)[C@H](C)C[C@@H]1C. The standard InChI is InChI=1S/C50H78N2O10S/c1-12-36(45(55)56)38-20-17-29(5)43(59-38)33(9)41(53)32(8)42(54)37(13-2)44-30(6)27-31(7)49(60-44)24-21-39(52-46(63)51-35-18-15-28(4)16-19-35)50(62-49)26-25-47(11,61-50)40-22-23-48(57,14-3)34(10)58-40/h15-16,18-19,21,24,29-34,36-41,43-44,53,57H,12-14,17,20,22-23,25-27H2,1-11H3,(H,55,56)(H2,51,52,63)/t29-,30-,31+,32-,33-,34-,36+,37-,38+,39+,40+,41+,43+,44-,47-,48+,49-,50-/m0/s1. The van der Waals surface area contributed by atoms with Crippen LogP contribution in [0.25, 0.3) is 0 Å². The van der Waals surface area contributed by atoms with Crippen molar-refractivity contribution in [2.75, 3.05) is 5.32 Å². The number of benzene rings is 1. The first kappa shape index (κ1) is 49.9. The number of rotatable bonds is 14. The maximum atomic E-state index is 14.7. The van der Waals surface area contributed by atoms with E-state index in [2.05, 4.69) is 38.3 Å². The summed E-state index contributed by atoms with van der Waals surface area (Å²) in [5, 5.41) is 40.3. The van der Waals surface area contributed by atoms with Crippen LogP contribution in [-0.4, -0.2) is 97.6 Å². The normalized spacial score (nSPS) is 40.5. The third kappa shape index (κ3) is 10.1. The monoisotopic (exact) mass is 899 g/mol. The number of aliphatic hydroxyl groups is 2. The Balaban J connectivity index is 1.25. The Morgan fingerprint density at radius 3 is 2.21 bits per heavy atom. The molecule has 1 aromatic carbocycles. The molecule has 354 valence electrons. The molecule has 0 unspecified atom stereocenters. The second kappa shape index (κ2) is 19.8. The highest BCUT2D eigenvalue weighted by Gasteiger charge is 2.63. The van der Waals surface area contributed by atoms with Crippen LogP contribution in [0, 0.1) is 48.3 Å². The van der Waals surface area contributed by atoms with Crippen molar-refractivity contribution in [3.8, 4) is 0 Å². The highest BCUT2D eigenvalue weighted by Crippen LogP contribution is 2.54. The maximum absolute atomic E-state index is 14.7. The summed E-state index contributed by atoms with van der Waals surface area (Å²) in [7, 11) is 0.